The summed E-state index contributed by atoms with van der Waals surface area (Å²) >= 11 is 0. The molecule has 7 heteroatoms. The van der Waals surface area contributed by atoms with Crippen molar-refractivity contribution in [2.24, 2.45) is 0 Å². The van der Waals surface area contributed by atoms with Gasteiger partial charge in [-0.1, -0.05) is 0 Å². The quantitative estimate of drug-likeness (QED) is 0.784. The van der Waals surface area contributed by atoms with Crippen LogP contribution in [-0.2, 0) is 4.74 Å². The molecule has 2 rings (SSSR count). The summed E-state index contributed by atoms with van der Waals surface area (Å²) in [5.74, 6) is -0.228. The van der Waals surface area contributed by atoms with E-state index in [9.17, 15) is 4.79 Å². The van der Waals surface area contributed by atoms with Crippen LogP contribution in [0.4, 0.5) is 5.82 Å². The lowest BCUT2D eigenvalue weighted by Crippen LogP contribution is -2.31. The summed E-state index contributed by atoms with van der Waals surface area (Å²) in [5.41, 5.74) is -0.113. The molecule has 1 saturated heterocycles. The lowest BCUT2D eigenvalue weighted by Gasteiger charge is -2.28. The number of aromatic nitrogens is 2. The lowest BCUT2D eigenvalue weighted by molar-refractivity contribution is 0.0688. The molecule has 1 N–H and O–H groups in total. The highest BCUT2D eigenvalue weighted by Crippen LogP contribution is 2.26. The van der Waals surface area contributed by atoms with Crippen LogP contribution < -0.4 is 9.64 Å². The minimum absolute atomic E-state index is 0.113. The Morgan fingerprint density at radius 3 is 2.75 bits per heavy atom. The molecule has 0 saturated carbocycles. The Morgan fingerprint density at radius 1 is 1.35 bits per heavy atom. The number of aromatic carboxylic acids is 1. The number of carboxylic acid groups (broad SMARTS) is 1. The first-order valence-corrected chi connectivity index (χ1v) is 6.69. The van der Waals surface area contributed by atoms with Crippen LogP contribution >= 0.6 is 0 Å². The summed E-state index contributed by atoms with van der Waals surface area (Å²) < 4.78 is 10.4. The van der Waals surface area contributed by atoms with Gasteiger partial charge >= 0.3 is 5.97 Å². The number of piperidine rings is 1. The summed E-state index contributed by atoms with van der Waals surface area (Å²) in [4.78, 5) is 21.3. The molecule has 1 aliphatic heterocycles. The smallest absolute Gasteiger partial charge is 0.356 e. The molecule has 0 radical (unpaired) electrons. The maximum absolute atomic E-state index is 11.0. The molecule has 1 aromatic heterocycles. The number of nitrogens with zero attached hydrogens (tertiary/aromatic N) is 3. The number of carboxylic acids is 1. The zero-order valence-electron chi connectivity index (χ0n) is 11.5. The number of carbonyl (C=O) groups is 1. The Hall–Kier alpha value is -1.89. The van der Waals surface area contributed by atoms with Gasteiger partial charge in [0, 0.05) is 20.2 Å². The molecular weight excluding hydrogens is 262 g/mol. The van der Waals surface area contributed by atoms with E-state index in [4.69, 9.17) is 14.6 Å². The van der Waals surface area contributed by atoms with E-state index in [-0.39, 0.29) is 11.6 Å². The van der Waals surface area contributed by atoms with Crippen molar-refractivity contribution >= 4 is 11.8 Å². The van der Waals surface area contributed by atoms with Crippen LogP contribution in [-0.4, -0.2) is 54.5 Å². The first kappa shape index (κ1) is 14.5. The third-order valence-corrected chi connectivity index (χ3v) is 3.12. The van der Waals surface area contributed by atoms with Gasteiger partial charge in [-0.2, -0.15) is 0 Å². The molecule has 0 aliphatic carbocycles. The molecule has 0 bridgehead atoms. The van der Waals surface area contributed by atoms with E-state index < -0.39 is 5.97 Å². The standard InChI is InChI=1S/C13H19N3O4/c1-19-7-8-20-12-11(16-5-3-2-4-6-16)14-9-10(15-12)13(17)18/h9H,2-8H2,1H3,(H,17,18). The van der Waals surface area contributed by atoms with Crippen LogP contribution in [0.3, 0.4) is 0 Å². The van der Waals surface area contributed by atoms with Crippen molar-refractivity contribution in [3.63, 3.8) is 0 Å². The first-order chi connectivity index (χ1) is 9.72. The molecule has 1 fully saturated rings. The number of anilines is 1. The van der Waals surface area contributed by atoms with Crippen molar-refractivity contribution in [2.45, 2.75) is 19.3 Å². The summed E-state index contributed by atoms with van der Waals surface area (Å²) in [6.45, 7) is 2.51. The fourth-order valence-electron chi connectivity index (χ4n) is 2.11. The molecule has 0 spiro atoms. The lowest BCUT2D eigenvalue weighted by atomic mass is 10.1. The summed E-state index contributed by atoms with van der Waals surface area (Å²) in [5, 5.41) is 8.99. The Kier molecular flexibility index (Phi) is 5.11. The van der Waals surface area contributed by atoms with E-state index in [1.165, 1.54) is 12.6 Å². The third-order valence-electron chi connectivity index (χ3n) is 3.12. The molecule has 0 atom stereocenters. The number of rotatable bonds is 6. The van der Waals surface area contributed by atoms with Crippen molar-refractivity contribution in [1.29, 1.82) is 0 Å². The monoisotopic (exact) mass is 281 g/mol. The SMILES string of the molecule is COCCOc1nc(C(=O)O)cnc1N1CCCCC1. The molecular formula is C13H19N3O4. The van der Waals surface area contributed by atoms with Crippen LogP contribution in [0.5, 0.6) is 5.88 Å². The minimum atomic E-state index is -1.11. The fraction of sp³-hybridized carbons (Fsp3) is 0.615. The largest absolute Gasteiger partial charge is 0.476 e. The number of hydrogen-bond donors (Lipinski definition) is 1. The Morgan fingerprint density at radius 2 is 2.10 bits per heavy atom. The highest BCUT2D eigenvalue weighted by molar-refractivity contribution is 5.85. The zero-order chi connectivity index (χ0) is 14.4. The van der Waals surface area contributed by atoms with Crippen molar-refractivity contribution in [2.75, 3.05) is 38.3 Å². The van der Waals surface area contributed by atoms with Gasteiger partial charge in [-0.3, -0.25) is 0 Å². The fourth-order valence-corrected chi connectivity index (χ4v) is 2.11. The van der Waals surface area contributed by atoms with Gasteiger partial charge in [-0.25, -0.2) is 14.8 Å². The van der Waals surface area contributed by atoms with Gasteiger partial charge < -0.3 is 19.5 Å². The topological polar surface area (TPSA) is 84.8 Å². The van der Waals surface area contributed by atoms with Crippen LogP contribution in [0.25, 0.3) is 0 Å². The van der Waals surface area contributed by atoms with Crippen LogP contribution in [0.15, 0.2) is 6.20 Å². The van der Waals surface area contributed by atoms with Gasteiger partial charge in [-0.15, -0.1) is 0 Å². The summed E-state index contributed by atoms with van der Waals surface area (Å²) in [6.07, 6.45) is 4.67. The molecule has 1 aliphatic rings. The van der Waals surface area contributed by atoms with Gasteiger partial charge in [0.2, 0.25) is 0 Å². The van der Waals surface area contributed by atoms with Gasteiger partial charge in [0.25, 0.3) is 5.88 Å². The Balaban J connectivity index is 2.21. The number of methoxy groups -OCH3 is 1. The highest BCUT2D eigenvalue weighted by Gasteiger charge is 2.20. The first-order valence-electron chi connectivity index (χ1n) is 6.69. The van der Waals surface area contributed by atoms with Crippen molar-refractivity contribution < 1.29 is 19.4 Å². The van der Waals surface area contributed by atoms with Crippen molar-refractivity contribution in [3.05, 3.63) is 11.9 Å². The molecule has 0 aromatic carbocycles. The normalized spacial score (nSPS) is 15.2. The minimum Gasteiger partial charge on any atom is -0.476 e. The van der Waals surface area contributed by atoms with Crippen LogP contribution in [0, 0.1) is 0 Å². The highest BCUT2D eigenvalue weighted by atomic mass is 16.5. The zero-order valence-corrected chi connectivity index (χ0v) is 11.5. The second-order valence-corrected chi connectivity index (χ2v) is 4.58. The Labute approximate surface area is 117 Å². The molecule has 1 aromatic rings. The molecule has 0 unspecified atom stereocenters. The van der Waals surface area contributed by atoms with Crippen LogP contribution in [0.2, 0.25) is 0 Å². The maximum atomic E-state index is 11.0. The van der Waals surface area contributed by atoms with Crippen molar-refractivity contribution in [3.8, 4) is 5.88 Å². The van der Waals surface area contributed by atoms with Gasteiger partial charge in [-0.05, 0) is 19.3 Å². The second kappa shape index (κ2) is 7.04. The van der Waals surface area contributed by atoms with Crippen LogP contribution in [0.1, 0.15) is 29.8 Å². The predicted molar refractivity (Wildman–Crippen MR) is 72.4 cm³/mol. The van der Waals surface area contributed by atoms with E-state index in [2.05, 4.69) is 14.9 Å². The molecule has 20 heavy (non-hydrogen) atoms. The predicted octanol–water partition coefficient (Wildman–Crippen LogP) is 1.19. The number of hydrogen-bond acceptors (Lipinski definition) is 6. The van der Waals surface area contributed by atoms with Crippen molar-refractivity contribution in [1.82, 2.24) is 9.97 Å². The number of ether oxygens (including phenoxy) is 2. The van der Waals surface area contributed by atoms with Gasteiger partial charge in [0.15, 0.2) is 11.5 Å². The average molecular weight is 281 g/mol. The van der Waals surface area contributed by atoms with E-state index in [0.717, 1.165) is 25.9 Å². The summed E-state index contributed by atoms with van der Waals surface area (Å²) in [6, 6.07) is 0. The maximum Gasteiger partial charge on any atom is 0.356 e. The van der Waals surface area contributed by atoms with E-state index >= 15 is 0 Å². The second-order valence-electron chi connectivity index (χ2n) is 4.58. The van der Waals surface area contributed by atoms with Gasteiger partial charge in [0.05, 0.1) is 12.8 Å². The average Bonchev–Trinajstić information content (AvgIpc) is 2.48. The molecule has 0 amide bonds. The molecule has 2 heterocycles. The summed E-state index contributed by atoms with van der Waals surface area (Å²) in [7, 11) is 1.58. The van der Waals surface area contributed by atoms with E-state index in [1.54, 1.807) is 7.11 Å². The van der Waals surface area contributed by atoms with E-state index in [0.29, 0.717) is 19.0 Å². The molecule has 7 nitrogen and oxygen atoms in total. The Bertz CT molecular complexity index is 461. The molecule has 110 valence electrons. The third kappa shape index (κ3) is 3.57. The van der Waals surface area contributed by atoms with Gasteiger partial charge in [0.1, 0.15) is 6.61 Å². The van der Waals surface area contributed by atoms with E-state index in [1.807, 2.05) is 0 Å².